The Balaban J connectivity index is 2.28. The van der Waals surface area contributed by atoms with Crippen LogP contribution in [0.5, 0.6) is 0 Å². The van der Waals surface area contributed by atoms with E-state index in [4.69, 9.17) is 0 Å². The second-order valence-corrected chi connectivity index (χ2v) is 7.83. The van der Waals surface area contributed by atoms with Gasteiger partial charge in [-0.3, -0.25) is 4.68 Å². The number of nitrogens with one attached hydrogen (secondary N) is 1. The van der Waals surface area contributed by atoms with Gasteiger partial charge in [0.05, 0.1) is 11.1 Å². The Labute approximate surface area is 126 Å². The first-order valence-corrected chi connectivity index (χ1v) is 8.25. The molecule has 0 aliphatic carbocycles. The number of hydrogen-bond acceptors (Lipinski definition) is 3. The van der Waals surface area contributed by atoms with Gasteiger partial charge in [0.2, 0.25) is 10.0 Å². The molecule has 21 heavy (non-hydrogen) atoms. The maximum absolute atomic E-state index is 12.5. The first-order valence-electron chi connectivity index (χ1n) is 6.77. The molecule has 0 fully saturated rings. The molecular weight excluding hydrogens is 286 g/mol. The predicted molar refractivity (Wildman–Crippen MR) is 82.4 cm³/mol. The highest BCUT2D eigenvalue weighted by Crippen LogP contribution is 2.28. The lowest BCUT2D eigenvalue weighted by Gasteiger charge is -2.22. The van der Waals surface area contributed by atoms with Crippen molar-refractivity contribution in [2.45, 2.75) is 37.6 Å². The zero-order valence-corrected chi connectivity index (χ0v) is 13.6. The van der Waals surface area contributed by atoms with E-state index in [0.29, 0.717) is 4.90 Å². The maximum Gasteiger partial charge on any atom is 0.241 e. The largest absolute Gasteiger partial charge is 0.275 e. The first kappa shape index (κ1) is 15.7. The highest BCUT2D eigenvalue weighted by molar-refractivity contribution is 7.89. The van der Waals surface area contributed by atoms with Crippen LogP contribution in [0.15, 0.2) is 41.6 Å². The highest BCUT2D eigenvalue weighted by atomic mass is 32.2. The third-order valence-corrected chi connectivity index (χ3v) is 4.67. The van der Waals surface area contributed by atoms with Crippen LogP contribution in [-0.2, 0) is 29.0 Å². The monoisotopic (exact) mass is 307 g/mol. The average Bonchev–Trinajstić information content (AvgIpc) is 2.82. The summed E-state index contributed by atoms with van der Waals surface area (Å²) >= 11 is 0. The summed E-state index contributed by atoms with van der Waals surface area (Å²) in [6.45, 7) is 6.24. The van der Waals surface area contributed by atoms with Crippen molar-refractivity contribution in [1.29, 1.82) is 0 Å². The van der Waals surface area contributed by atoms with Crippen molar-refractivity contribution in [2.24, 2.45) is 7.05 Å². The van der Waals surface area contributed by atoms with E-state index in [-0.39, 0.29) is 12.0 Å². The van der Waals surface area contributed by atoms with Crippen LogP contribution in [-0.4, -0.2) is 18.2 Å². The van der Waals surface area contributed by atoms with Crippen LogP contribution in [0.1, 0.15) is 31.9 Å². The van der Waals surface area contributed by atoms with Crippen molar-refractivity contribution < 1.29 is 8.42 Å². The number of benzene rings is 1. The molecule has 114 valence electrons. The molecule has 0 aliphatic heterocycles. The lowest BCUT2D eigenvalue weighted by molar-refractivity contribution is 0.554. The number of aryl methyl sites for hydroxylation is 1. The second-order valence-electron chi connectivity index (χ2n) is 6.09. The lowest BCUT2D eigenvalue weighted by Crippen LogP contribution is -2.26. The van der Waals surface area contributed by atoms with Crippen LogP contribution >= 0.6 is 0 Å². The lowest BCUT2D eigenvalue weighted by atomic mass is 9.87. The van der Waals surface area contributed by atoms with Gasteiger partial charge in [-0.15, -0.1) is 0 Å². The molecule has 0 bridgehead atoms. The topological polar surface area (TPSA) is 64.0 Å². The Kier molecular flexibility index (Phi) is 4.20. The molecule has 0 atom stereocenters. The zero-order valence-electron chi connectivity index (χ0n) is 12.8. The Morgan fingerprint density at radius 3 is 2.48 bits per heavy atom. The third-order valence-electron chi connectivity index (χ3n) is 3.21. The third kappa shape index (κ3) is 3.71. The molecule has 0 saturated carbocycles. The van der Waals surface area contributed by atoms with Crippen LogP contribution < -0.4 is 4.72 Å². The summed E-state index contributed by atoms with van der Waals surface area (Å²) < 4.78 is 29.4. The van der Waals surface area contributed by atoms with E-state index in [0.717, 1.165) is 11.1 Å². The molecule has 2 rings (SSSR count). The van der Waals surface area contributed by atoms with E-state index in [9.17, 15) is 8.42 Å². The SMILES string of the molecule is Cn1cc(CNS(=O)(=O)c2ccccc2C(C)(C)C)cn1. The fourth-order valence-electron chi connectivity index (χ4n) is 2.14. The second kappa shape index (κ2) is 5.61. The van der Waals surface area contributed by atoms with Gasteiger partial charge in [0.25, 0.3) is 0 Å². The molecule has 6 heteroatoms. The van der Waals surface area contributed by atoms with Crippen molar-refractivity contribution in [3.05, 3.63) is 47.8 Å². The van der Waals surface area contributed by atoms with Crippen LogP contribution in [0.4, 0.5) is 0 Å². The summed E-state index contributed by atoms with van der Waals surface area (Å²) in [6, 6.07) is 7.11. The van der Waals surface area contributed by atoms with Gasteiger partial charge in [-0.05, 0) is 17.0 Å². The smallest absolute Gasteiger partial charge is 0.241 e. The van der Waals surface area contributed by atoms with E-state index in [1.165, 1.54) is 0 Å². The van der Waals surface area contributed by atoms with E-state index in [1.54, 1.807) is 36.3 Å². The summed E-state index contributed by atoms with van der Waals surface area (Å²) in [6.07, 6.45) is 3.44. The van der Waals surface area contributed by atoms with E-state index >= 15 is 0 Å². The van der Waals surface area contributed by atoms with Gasteiger partial charge in [-0.1, -0.05) is 39.0 Å². The zero-order chi connectivity index (χ0) is 15.7. The van der Waals surface area contributed by atoms with Gasteiger partial charge in [0.1, 0.15) is 0 Å². The van der Waals surface area contributed by atoms with Gasteiger partial charge in [0.15, 0.2) is 0 Å². The fraction of sp³-hybridized carbons (Fsp3) is 0.400. The minimum Gasteiger partial charge on any atom is -0.275 e. The molecule has 0 radical (unpaired) electrons. The summed E-state index contributed by atoms with van der Waals surface area (Å²) in [5.41, 5.74) is 1.40. The van der Waals surface area contributed by atoms with E-state index in [1.807, 2.05) is 32.9 Å². The van der Waals surface area contributed by atoms with E-state index < -0.39 is 10.0 Å². The Morgan fingerprint density at radius 2 is 1.90 bits per heavy atom. The van der Waals surface area contributed by atoms with Crippen molar-refractivity contribution >= 4 is 10.0 Å². The quantitative estimate of drug-likeness (QED) is 0.942. The molecule has 1 N–H and O–H groups in total. The number of sulfonamides is 1. The fourth-order valence-corrected chi connectivity index (χ4v) is 3.57. The van der Waals surface area contributed by atoms with Crippen LogP contribution in [0.2, 0.25) is 0 Å². The van der Waals surface area contributed by atoms with Crippen molar-refractivity contribution in [1.82, 2.24) is 14.5 Å². The van der Waals surface area contributed by atoms with Crippen molar-refractivity contribution in [2.75, 3.05) is 0 Å². The molecule has 5 nitrogen and oxygen atoms in total. The predicted octanol–water partition coefficient (Wildman–Crippen LogP) is 2.20. The summed E-state index contributed by atoms with van der Waals surface area (Å²) in [5.74, 6) is 0. The van der Waals surface area contributed by atoms with Gasteiger partial charge >= 0.3 is 0 Å². The van der Waals surface area contributed by atoms with E-state index in [2.05, 4.69) is 9.82 Å². The highest BCUT2D eigenvalue weighted by Gasteiger charge is 2.24. The van der Waals surface area contributed by atoms with Crippen molar-refractivity contribution in [3.63, 3.8) is 0 Å². The minimum atomic E-state index is -3.55. The molecule has 0 amide bonds. The molecular formula is C15H21N3O2S. The molecule has 2 aromatic rings. The average molecular weight is 307 g/mol. The Bertz CT molecular complexity index is 727. The number of rotatable bonds is 4. The molecule has 1 heterocycles. The van der Waals surface area contributed by atoms with Crippen molar-refractivity contribution in [3.8, 4) is 0 Å². The summed E-state index contributed by atoms with van der Waals surface area (Å²) in [7, 11) is -1.75. The standard InChI is InChI=1S/C15H21N3O2S/c1-15(2,3)13-7-5-6-8-14(13)21(19,20)17-10-12-9-16-18(4)11-12/h5-9,11,17H,10H2,1-4H3. The van der Waals surface area contributed by atoms with Gasteiger partial charge in [-0.2, -0.15) is 5.10 Å². The summed E-state index contributed by atoms with van der Waals surface area (Å²) in [4.78, 5) is 0.335. The van der Waals surface area contributed by atoms with Crippen LogP contribution in [0.3, 0.4) is 0 Å². The normalized spacial score (nSPS) is 12.6. The number of aromatic nitrogens is 2. The minimum absolute atomic E-state index is 0.231. The Hall–Kier alpha value is -1.66. The van der Waals surface area contributed by atoms with Gasteiger partial charge < -0.3 is 0 Å². The van der Waals surface area contributed by atoms with Gasteiger partial charge in [-0.25, -0.2) is 13.1 Å². The van der Waals surface area contributed by atoms with Gasteiger partial charge in [0, 0.05) is 25.4 Å². The van der Waals surface area contributed by atoms with Crippen LogP contribution in [0.25, 0.3) is 0 Å². The molecule has 0 aliphatic rings. The molecule has 1 aromatic carbocycles. The summed E-state index contributed by atoms with van der Waals surface area (Å²) in [5, 5.41) is 4.03. The maximum atomic E-state index is 12.5. The molecule has 0 saturated heterocycles. The molecule has 0 unspecified atom stereocenters. The first-order chi connectivity index (χ1) is 9.70. The number of hydrogen-bond donors (Lipinski definition) is 1. The molecule has 1 aromatic heterocycles. The molecule has 0 spiro atoms. The number of nitrogens with zero attached hydrogens (tertiary/aromatic N) is 2. The van der Waals surface area contributed by atoms with Crippen LogP contribution in [0, 0.1) is 0 Å². The Morgan fingerprint density at radius 1 is 1.24 bits per heavy atom.